The fraction of sp³-hybridized carbons (Fsp3) is 0.533. The van der Waals surface area contributed by atoms with Gasteiger partial charge in [-0.05, 0) is 39.5 Å². The Morgan fingerprint density at radius 1 is 1.43 bits per heavy atom. The van der Waals surface area contributed by atoms with Crippen LogP contribution in [0.2, 0.25) is 0 Å². The maximum absolute atomic E-state index is 11.4. The van der Waals surface area contributed by atoms with Gasteiger partial charge in [-0.2, -0.15) is 0 Å². The maximum atomic E-state index is 11.4. The van der Waals surface area contributed by atoms with E-state index in [0.717, 1.165) is 10.2 Å². The monoisotopic (exact) mass is 377 g/mol. The lowest BCUT2D eigenvalue weighted by atomic mass is 10.0. The molecule has 1 saturated heterocycles. The van der Waals surface area contributed by atoms with E-state index in [0.29, 0.717) is 18.9 Å². The number of esters is 1. The Kier molecular flexibility index (Phi) is 6.97. The third-order valence-electron chi connectivity index (χ3n) is 3.49. The number of rotatable bonds is 4. The summed E-state index contributed by atoms with van der Waals surface area (Å²) in [7, 11) is 1.40. The van der Waals surface area contributed by atoms with Crippen molar-refractivity contribution in [2.45, 2.75) is 38.3 Å². The molecule has 0 saturated carbocycles. The molecule has 118 valence electrons. The lowest BCUT2D eigenvalue weighted by Gasteiger charge is -2.15. The van der Waals surface area contributed by atoms with Gasteiger partial charge in [-0.15, -0.1) is 12.4 Å². The Labute approximate surface area is 140 Å². The van der Waals surface area contributed by atoms with Crippen LogP contribution in [-0.4, -0.2) is 31.8 Å². The van der Waals surface area contributed by atoms with Gasteiger partial charge in [0.05, 0.1) is 11.6 Å². The van der Waals surface area contributed by atoms with Crippen LogP contribution < -0.4 is 10.1 Å². The average molecular weight is 379 g/mol. The topological polar surface area (TPSA) is 47.6 Å². The second-order valence-electron chi connectivity index (χ2n) is 5.30. The van der Waals surface area contributed by atoms with Crippen LogP contribution in [0.1, 0.15) is 31.7 Å². The van der Waals surface area contributed by atoms with Crippen molar-refractivity contribution < 1.29 is 14.3 Å². The van der Waals surface area contributed by atoms with Gasteiger partial charge in [0.1, 0.15) is 17.9 Å². The molecule has 0 bridgehead atoms. The van der Waals surface area contributed by atoms with Crippen molar-refractivity contribution in [2.24, 2.45) is 0 Å². The van der Waals surface area contributed by atoms with E-state index in [4.69, 9.17) is 9.47 Å². The van der Waals surface area contributed by atoms with E-state index in [1.54, 1.807) is 0 Å². The first-order valence-electron chi connectivity index (χ1n) is 6.78. The van der Waals surface area contributed by atoms with Crippen LogP contribution in [0.3, 0.4) is 0 Å². The summed E-state index contributed by atoms with van der Waals surface area (Å²) in [6.45, 7) is 4.96. The summed E-state index contributed by atoms with van der Waals surface area (Å²) >= 11 is 3.54. The van der Waals surface area contributed by atoms with Crippen LogP contribution in [0.15, 0.2) is 22.7 Å². The van der Waals surface area contributed by atoms with E-state index in [1.807, 2.05) is 6.07 Å². The van der Waals surface area contributed by atoms with Gasteiger partial charge in [-0.1, -0.05) is 19.9 Å². The minimum atomic E-state index is -0.265. The highest BCUT2D eigenvalue weighted by Crippen LogP contribution is 2.30. The number of carbonyl (C=O) groups is 1. The zero-order chi connectivity index (χ0) is 14.7. The number of ether oxygens (including phenoxy) is 2. The Morgan fingerprint density at radius 3 is 2.71 bits per heavy atom. The molecule has 1 aliphatic rings. The highest BCUT2D eigenvalue weighted by molar-refractivity contribution is 9.10. The van der Waals surface area contributed by atoms with Crippen LogP contribution in [0.5, 0.6) is 5.75 Å². The highest BCUT2D eigenvalue weighted by Gasteiger charge is 2.31. The normalized spacial score (nSPS) is 21.0. The largest absolute Gasteiger partial charge is 0.488 e. The Hall–Kier alpha value is -0.780. The van der Waals surface area contributed by atoms with E-state index >= 15 is 0 Å². The molecule has 0 spiro atoms. The number of carbonyl (C=O) groups excluding carboxylic acids is 1. The standard InChI is InChI=1S/C15H20BrNO3.ClH/c1-9(2)10-4-5-14(12(16)6-10)20-11-7-13(17-8-11)15(18)19-3;/h4-6,9,11,13,17H,7-8H2,1-3H3;1H/t11-,13+;/m1./s1. The average Bonchev–Trinajstić information content (AvgIpc) is 2.88. The smallest absolute Gasteiger partial charge is 0.323 e. The molecule has 2 atom stereocenters. The lowest BCUT2D eigenvalue weighted by molar-refractivity contribution is -0.142. The molecule has 1 N–H and O–H groups in total. The molecule has 1 aliphatic heterocycles. The van der Waals surface area contributed by atoms with Crippen molar-refractivity contribution in [1.82, 2.24) is 5.32 Å². The molecular weight excluding hydrogens is 358 g/mol. The molecular formula is C15H21BrClNO3. The van der Waals surface area contributed by atoms with Crippen molar-refractivity contribution in [3.8, 4) is 5.75 Å². The molecule has 1 aromatic rings. The summed E-state index contributed by atoms with van der Waals surface area (Å²) in [4.78, 5) is 11.4. The number of hydrogen-bond acceptors (Lipinski definition) is 4. The van der Waals surface area contributed by atoms with Crippen LogP contribution in [0.25, 0.3) is 0 Å². The molecule has 21 heavy (non-hydrogen) atoms. The van der Waals surface area contributed by atoms with Gasteiger partial charge < -0.3 is 14.8 Å². The van der Waals surface area contributed by atoms with Crippen LogP contribution in [0, 0.1) is 0 Å². The third-order valence-corrected chi connectivity index (χ3v) is 4.11. The maximum Gasteiger partial charge on any atom is 0.323 e. The Balaban J connectivity index is 0.00000220. The molecule has 0 amide bonds. The number of halogens is 2. The minimum absolute atomic E-state index is 0. The number of nitrogens with one attached hydrogen (secondary N) is 1. The van der Waals surface area contributed by atoms with Gasteiger partial charge in [0.15, 0.2) is 0 Å². The molecule has 2 rings (SSSR count). The molecule has 1 aromatic carbocycles. The molecule has 6 heteroatoms. The molecule has 0 unspecified atom stereocenters. The summed E-state index contributed by atoms with van der Waals surface area (Å²) < 4.78 is 11.6. The van der Waals surface area contributed by atoms with E-state index in [9.17, 15) is 4.79 Å². The summed E-state index contributed by atoms with van der Waals surface area (Å²) in [5.41, 5.74) is 1.27. The third kappa shape index (κ3) is 4.59. The van der Waals surface area contributed by atoms with Gasteiger partial charge in [-0.3, -0.25) is 4.79 Å². The quantitative estimate of drug-likeness (QED) is 0.817. The first kappa shape index (κ1) is 18.3. The number of methoxy groups -OCH3 is 1. The summed E-state index contributed by atoms with van der Waals surface area (Å²) in [6.07, 6.45) is 0.616. The second-order valence-corrected chi connectivity index (χ2v) is 6.16. The summed E-state index contributed by atoms with van der Waals surface area (Å²) in [5, 5.41) is 3.11. The SMILES string of the molecule is COC(=O)[C@@H]1C[C@@H](Oc2ccc(C(C)C)cc2Br)CN1.Cl. The predicted molar refractivity (Wildman–Crippen MR) is 88.3 cm³/mol. The minimum Gasteiger partial charge on any atom is -0.488 e. The van der Waals surface area contributed by atoms with Gasteiger partial charge in [0.25, 0.3) is 0 Å². The summed E-state index contributed by atoms with van der Waals surface area (Å²) in [6, 6.07) is 5.87. The first-order valence-corrected chi connectivity index (χ1v) is 7.58. The number of benzene rings is 1. The molecule has 0 radical (unpaired) electrons. The van der Waals surface area contributed by atoms with Crippen LogP contribution >= 0.6 is 28.3 Å². The van der Waals surface area contributed by atoms with Gasteiger partial charge in [0, 0.05) is 13.0 Å². The van der Waals surface area contributed by atoms with Crippen molar-refractivity contribution in [2.75, 3.05) is 13.7 Å². The zero-order valence-electron chi connectivity index (χ0n) is 12.4. The van der Waals surface area contributed by atoms with E-state index in [-0.39, 0.29) is 30.5 Å². The molecule has 0 aromatic heterocycles. The van der Waals surface area contributed by atoms with Crippen molar-refractivity contribution in [3.63, 3.8) is 0 Å². The zero-order valence-corrected chi connectivity index (χ0v) is 14.8. The summed E-state index contributed by atoms with van der Waals surface area (Å²) in [5.74, 6) is 1.06. The van der Waals surface area contributed by atoms with Crippen LogP contribution in [-0.2, 0) is 9.53 Å². The fourth-order valence-electron chi connectivity index (χ4n) is 2.27. The van der Waals surface area contributed by atoms with Crippen LogP contribution in [0.4, 0.5) is 0 Å². The number of hydrogen-bond donors (Lipinski definition) is 1. The van der Waals surface area contributed by atoms with E-state index in [1.165, 1.54) is 12.7 Å². The van der Waals surface area contributed by atoms with E-state index in [2.05, 4.69) is 47.2 Å². The lowest BCUT2D eigenvalue weighted by Crippen LogP contribution is -2.31. The first-order chi connectivity index (χ1) is 9.51. The molecule has 4 nitrogen and oxygen atoms in total. The molecule has 1 heterocycles. The predicted octanol–water partition coefficient (Wildman–Crippen LogP) is 3.28. The Bertz CT molecular complexity index is 496. The highest BCUT2D eigenvalue weighted by atomic mass is 79.9. The van der Waals surface area contributed by atoms with Gasteiger partial charge in [-0.25, -0.2) is 0 Å². The van der Waals surface area contributed by atoms with Crippen molar-refractivity contribution >= 4 is 34.3 Å². The van der Waals surface area contributed by atoms with Gasteiger partial charge in [0.2, 0.25) is 0 Å². The van der Waals surface area contributed by atoms with Gasteiger partial charge >= 0.3 is 5.97 Å². The van der Waals surface area contributed by atoms with E-state index < -0.39 is 0 Å². The van der Waals surface area contributed by atoms with Crippen molar-refractivity contribution in [1.29, 1.82) is 0 Å². The molecule has 0 aliphatic carbocycles. The second kappa shape index (κ2) is 8.01. The Morgan fingerprint density at radius 2 is 2.14 bits per heavy atom. The van der Waals surface area contributed by atoms with Crippen molar-refractivity contribution in [3.05, 3.63) is 28.2 Å². The molecule has 1 fully saturated rings. The fourth-order valence-corrected chi connectivity index (χ4v) is 2.76.